The van der Waals surface area contributed by atoms with E-state index >= 15 is 0 Å². The fourth-order valence-corrected chi connectivity index (χ4v) is 1.49. The third-order valence-electron chi connectivity index (χ3n) is 2.33. The van der Waals surface area contributed by atoms with E-state index in [1.54, 1.807) is 7.05 Å². The largest absolute Gasteiger partial charge is 0.478 e. The first-order valence-electron chi connectivity index (χ1n) is 6.08. The summed E-state index contributed by atoms with van der Waals surface area (Å²) in [7, 11) is 1.57. The molecule has 0 spiro atoms. The summed E-state index contributed by atoms with van der Waals surface area (Å²) in [6.07, 6.45) is 2.13. The third-order valence-corrected chi connectivity index (χ3v) is 2.33. The van der Waals surface area contributed by atoms with Crippen molar-refractivity contribution in [2.75, 3.05) is 13.2 Å². The molecule has 7 heteroatoms. The zero-order valence-electron chi connectivity index (χ0n) is 11.3. The maximum atomic E-state index is 11.8. The fourth-order valence-electron chi connectivity index (χ4n) is 1.49. The zero-order valence-corrected chi connectivity index (χ0v) is 11.3. The standard InChI is InChI=1S/C12H19N3O4/c1-8(2)19-6-4-5-13-11(16)10-9(12(17)18)7-15(3)14-10/h7-8H,4-6H2,1-3H3,(H,13,16)(H,17,18). The Bertz CT molecular complexity index is 454. The number of rotatable bonds is 7. The van der Waals surface area contributed by atoms with Gasteiger partial charge in [-0.15, -0.1) is 0 Å². The van der Waals surface area contributed by atoms with Gasteiger partial charge in [-0.2, -0.15) is 5.10 Å². The Morgan fingerprint density at radius 3 is 2.79 bits per heavy atom. The van der Waals surface area contributed by atoms with Gasteiger partial charge in [0.1, 0.15) is 5.56 Å². The predicted octanol–water partition coefficient (Wildman–Crippen LogP) is 0.663. The lowest BCUT2D eigenvalue weighted by atomic mass is 10.2. The van der Waals surface area contributed by atoms with Gasteiger partial charge >= 0.3 is 5.97 Å². The van der Waals surface area contributed by atoms with Crippen LogP contribution in [0.25, 0.3) is 0 Å². The van der Waals surface area contributed by atoms with Gasteiger partial charge in [-0.05, 0) is 20.3 Å². The SMILES string of the molecule is CC(C)OCCCNC(=O)c1nn(C)cc1C(=O)O. The lowest BCUT2D eigenvalue weighted by Gasteiger charge is -2.07. The molecule has 1 aromatic heterocycles. The molecular formula is C12H19N3O4. The number of hydrogen-bond acceptors (Lipinski definition) is 4. The lowest BCUT2D eigenvalue weighted by molar-refractivity contribution is 0.0687. The van der Waals surface area contributed by atoms with E-state index in [9.17, 15) is 9.59 Å². The van der Waals surface area contributed by atoms with Gasteiger partial charge in [-0.25, -0.2) is 4.79 Å². The molecule has 1 amide bonds. The number of aromatic nitrogens is 2. The van der Waals surface area contributed by atoms with Crippen LogP contribution in [0.1, 0.15) is 41.1 Å². The second-order valence-electron chi connectivity index (χ2n) is 4.40. The number of nitrogens with zero attached hydrogens (tertiary/aromatic N) is 2. The molecule has 0 radical (unpaired) electrons. The molecule has 2 N–H and O–H groups in total. The summed E-state index contributed by atoms with van der Waals surface area (Å²) >= 11 is 0. The number of nitrogens with one attached hydrogen (secondary N) is 1. The van der Waals surface area contributed by atoms with E-state index in [1.165, 1.54) is 10.9 Å². The average Bonchev–Trinajstić information content (AvgIpc) is 2.70. The van der Waals surface area contributed by atoms with Gasteiger partial charge in [0.05, 0.1) is 6.10 Å². The van der Waals surface area contributed by atoms with Crippen LogP contribution >= 0.6 is 0 Å². The van der Waals surface area contributed by atoms with Gasteiger partial charge in [0.15, 0.2) is 5.69 Å². The molecule has 1 rings (SSSR count). The highest BCUT2D eigenvalue weighted by atomic mass is 16.5. The highest BCUT2D eigenvalue weighted by molar-refractivity contribution is 6.03. The lowest BCUT2D eigenvalue weighted by Crippen LogP contribution is -2.27. The molecule has 0 bridgehead atoms. The summed E-state index contributed by atoms with van der Waals surface area (Å²) in [6.45, 7) is 4.84. The molecule has 0 aliphatic carbocycles. The Morgan fingerprint density at radius 1 is 1.53 bits per heavy atom. The molecule has 1 aromatic rings. The highest BCUT2D eigenvalue weighted by Crippen LogP contribution is 2.06. The first kappa shape index (κ1) is 15.2. The Hall–Kier alpha value is -1.89. The van der Waals surface area contributed by atoms with Crippen LogP contribution in [0.4, 0.5) is 0 Å². The van der Waals surface area contributed by atoms with Crippen LogP contribution in [0, 0.1) is 0 Å². The Morgan fingerprint density at radius 2 is 2.21 bits per heavy atom. The summed E-state index contributed by atoms with van der Waals surface area (Å²) in [5, 5.41) is 15.4. The van der Waals surface area contributed by atoms with Gasteiger partial charge in [-0.3, -0.25) is 9.48 Å². The van der Waals surface area contributed by atoms with Gasteiger partial charge < -0.3 is 15.2 Å². The van der Waals surface area contributed by atoms with Crippen LogP contribution < -0.4 is 5.32 Å². The summed E-state index contributed by atoms with van der Waals surface area (Å²) in [5.41, 5.74) is -0.168. The quantitative estimate of drug-likeness (QED) is 0.709. The molecule has 19 heavy (non-hydrogen) atoms. The molecule has 0 saturated carbocycles. The van der Waals surface area contributed by atoms with Crippen molar-refractivity contribution in [2.45, 2.75) is 26.4 Å². The van der Waals surface area contributed by atoms with Gasteiger partial charge in [0.25, 0.3) is 5.91 Å². The number of carbonyl (C=O) groups is 2. The van der Waals surface area contributed by atoms with Crippen LogP contribution in [0.15, 0.2) is 6.20 Å². The van der Waals surface area contributed by atoms with Crippen LogP contribution in [0.2, 0.25) is 0 Å². The minimum atomic E-state index is -1.17. The van der Waals surface area contributed by atoms with Crippen LogP contribution in [-0.4, -0.2) is 46.0 Å². The van der Waals surface area contributed by atoms with Crippen molar-refractivity contribution in [2.24, 2.45) is 7.05 Å². The Balaban J connectivity index is 2.48. The number of aryl methyl sites for hydroxylation is 1. The zero-order chi connectivity index (χ0) is 14.4. The van der Waals surface area contributed by atoms with Crippen molar-refractivity contribution in [3.8, 4) is 0 Å². The van der Waals surface area contributed by atoms with Crippen molar-refractivity contribution in [1.82, 2.24) is 15.1 Å². The number of ether oxygens (including phenoxy) is 1. The first-order valence-corrected chi connectivity index (χ1v) is 6.08. The normalized spacial score (nSPS) is 10.7. The molecular weight excluding hydrogens is 250 g/mol. The molecule has 1 heterocycles. The fraction of sp³-hybridized carbons (Fsp3) is 0.583. The number of carboxylic acids is 1. The number of carbonyl (C=O) groups excluding carboxylic acids is 1. The number of amides is 1. The van der Waals surface area contributed by atoms with Crippen molar-refractivity contribution in [3.63, 3.8) is 0 Å². The van der Waals surface area contributed by atoms with Crippen LogP contribution in [0.5, 0.6) is 0 Å². The minimum Gasteiger partial charge on any atom is -0.478 e. The van der Waals surface area contributed by atoms with Crippen molar-refractivity contribution in [3.05, 3.63) is 17.5 Å². The van der Waals surface area contributed by atoms with Gasteiger partial charge in [-0.1, -0.05) is 0 Å². The van der Waals surface area contributed by atoms with Crippen molar-refractivity contribution >= 4 is 11.9 Å². The Kier molecular flexibility index (Phi) is 5.50. The van der Waals surface area contributed by atoms with E-state index in [2.05, 4.69) is 10.4 Å². The smallest absolute Gasteiger partial charge is 0.339 e. The summed E-state index contributed by atoms with van der Waals surface area (Å²) < 4.78 is 6.64. The monoisotopic (exact) mass is 269 g/mol. The molecule has 0 fully saturated rings. The van der Waals surface area contributed by atoms with Crippen LogP contribution in [0.3, 0.4) is 0 Å². The van der Waals surface area contributed by atoms with E-state index in [-0.39, 0.29) is 17.4 Å². The maximum Gasteiger partial charge on any atom is 0.339 e. The molecule has 106 valence electrons. The highest BCUT2D eigenvalue weighted by Gasteiger charge is 2.20. The van der Waals surface area contributed by atoms with Crippen molar-refractivity contribution in [1.29, 1.82) is 0 Å². The van der Waals surface area contributed by atoms with E-state index in [0.29, 0.717) is 19.6 Å². The van der Waals surface area contributed by atoms with E-state index in [4.69, 9.17) is 9.84 Å². The van der Waals surface area contributed by atoms with E-state index < -0.39 is 11.9 Å². The maximum absolute atomic E-state index is 11.8. The van der Waals surface area contributed by atoms with Crippen molar-refractivity contribution < 1.29 is 19.4 Å². The Labute approximate surface area is 111 Å². The number of aromatic carboxylic acids is 1. The molecule has 0 atom stereocenters. The summed E-state index contributed by atoms with van der Waals surface area (Å²) in [5.74, 6) is -1.65. The average molecular weight is 269 g/mol. The molecule has 0 aliphatic rings. The third kappa shape index (κ3) is 4.70. The second kappa shape index (κ2) is 6.89. The van der Waals surface area contributed by atoms with Crippen LogP contribution in [-0.2, 0) is 11.8 Å². The molecule has 0 unspecified atom stereocenters. The number of hydrogen-bond donors (Lipinski definition) is 2. The topological polar surface area (TPSA) is 93.5 Å². The predicted molar refractivity (Wildman–Crippen MR) is 68.2 cm³/mol. The molecule has 0 aliphatic heterocycles. The first-order chi connectivity index (χ1) is 8.91. The molecule has 0 aromatic carbocycles. The van der Waals surface area contributed by atoms with E-state index in [1.807, 2.05) is 13.8 Å². The molecule has 0 saturated heterocycles. The summed E-state index contributed by atoms with van der Waals surface area (Å²) in [6, 6.07) is 0. The van der Waals surface area contributed by atoms with E-state index in [0.717, 1.165) is 0 Å². The minimum absolute atomic E-state index is 0.0697. The summed E-state index contributed by atoms with van der Waals surface area (Å²) in [4.78, 5) is 22.7. The molecule has 7 nitrogen and oxygen atoms in total. The second-order valence-corrected chi connectivity index (χ2v) is 4.40. The number of carboxylic acid groups (broad SMARTS) is 1. The van der Waals surface area contributed by atoms with Gasteiger partial charge in [0.2, 0.25) is 0 Å². The van der Waals surface area contributed by atoms with Gasteiger partial charge in [0, 0.05) is 26.4 Å².